The predicted molar refractivity (Wildman–Crippen MR) is 65.1 cm³/mol. The Balaban J connectivity index is 2.02. The summed E-state index contributed by atoms with van der Waals surface area (Å²) in [6.07, 6.45) is 1.72. The molecule has 1 aromatic carbocycles. The van der Waals surface area contributed by atoms with E-state index in [2.05, 4.69) is 4.98 Å². The highest BCUT2D eigenvalue weighted by molar-refractivity contribution is 7.15. The Morgan fingerprint density at radius 2 is 1.94 bits per heavy atom. The van der Waals surface area contributed by atoms with Crippen LogP contribution in [0.15, 0.2) is 24.3 Å². The quantitative estimate of drug-likeness (QED) is 0.889. The van der Waals surface area contributed by atoms with Gasteiger partial charge in [0, 0.05) is 4.88 Å². The van der Waals surface area contributed by atoms with Crippen LogP contribution < -0.4 is 5.73 Å². The van der Waals surface area contributed by atoms with Crippen LogP contribution in [0.25, 0.3) is 0 Å². The lowest BCUT2D eigenvalue weighted by Gasteiger charge is -2.00. The Hall–Kier alpha value is -1.42. The number of aryl methyl sites for hydroxylation is 3. The van der Waals surface area contributed by atoms with Gasteiger partial charge in [-0.2, -0.15) is 0 Å². The lowest BCUT2D eigenvalue weighted by molar-refractivity contribution is 0.627. The van der Waals surface area contributed by atoms with Crippen molar-refractivity contribution in [2.24, 2.45) is 0 Å². The highest BCUT2D eigenvalue weighted by Gasteiger charge is 2.05. The molecule has 0 saturated heterocycles. The minimum absolute atomic E-state index is 0.196. The zero-order chi connectivity index (χ0) is 11.5. The molecule has 84 valence electrons. The number of aromatic nitrogens is 1. The second kappa shape index (κ2) is 4.61. The van der Waals surface area contributed by atoms with Crippen molar-refractivity contribution in [1.82, 2.24) is 4.98 Å². The molecule has 4 heteroatoms. The molecule has 2 rings (SSSR count). The molecule has 0 aliphatic heterocycles. The van der Waals surface area contributed by atoms with E-state index >= 15 is 0 Å². The van der Waals surface area contributed by atoms with E-state index in [1.165, 1.54) is 28.3 Å². The summed E-state index contributed by atoms with van der Waals surface area (Å²) in [5, 5.41) is 0.617. The smallest absolute Gasteiger partial charge is 0.180 e. The van der Waals surface area contributed by atoms with Gasteiger partial charge in [-0.3, -0.25) is 0 Å². The number of nitrogens with two attached hydrogens (primary N) is 1. The third kappa shape index (κ3) is 2.58. The van der Waals surface area contributed by atoms with Crippen LogP contribution in [0, 0.1) is 12.7 Å². The summed E-state index contributed by atoms with van der Waals surface area (Å²) in [5.74, 6) is -0.196. The minimum Gasteiger partial charge on any atom is -0.375 e. The maximum Gasteiger partial charge on any atom is 0.180 e. The van der Waals surface area contributed by atoms with Gasteiger partial charge in [-0.05, 0) is 37.5 Å². The number of anilines is 1. The van der Waals surface area contributed by atoms with Gasteiger partial charge in [0.1, 0.15) is 5.82 Å². The summed E-state index contributed by atoms with van der Waals surface area (Å²) in [7, 11) is 0. The average Bonchev–Trinajstić information content (AvgIpc) is 2.57. The highest BCUT2D eigenvalue weighted by atomic mass is 32.1. The molecule has 0 saturated carbocycles. The molecule has 0 amide bonds. The second-order valence-electron chi connectivity index (χ2n) is 3.68. The van der Waals surface area contributed by atoms with E-state index in [0.717, 1.165) is 24.1 Å². The molecule has 0 radical (unpaired) electrons. The highest BCUT2D eigenvalue weighted by Crippen LogP contribution is 2.20. The molecule has 1 aromatic heterocycles. The monoisotopic (exact) mass is 236 g/mol. The SMILES string of the molecule is Cc1sc(N)nc1CCc1ccc(F)cc1. The summed E-state index contributed by atoms with van der Waals surface area (Å²) >= 11 is 1.51. The Kier molecular flexibility index (Phi) is 3.19. The fourth-order valence-corrected chi connectivity index (χ4v) is 2.33. The lowest BCUT2D eigenvalue weighted by Crippen LogP contribution is -1.94. The van der Waals surface area contributed by atoms with Crippen LogP contribution in [0.2, 0.25) is 0 Å². The van der Waals surface area contributed by atoms with E-state index in [1.54, 1.807) is 12.1 Å². The maximum atomic E-state index is 12.7. The molecular weight excluding hydrogens is 223 g/mol. The largest absolute Gasteiger partial charge is 0.375 e. The number of hydrogen-bond acceptors (Lipinski definition) is 3. The zero-order valence-electron chi connectivity index (χ0n) is 9.03. The number of halogens is 1. The van der Waals surface area contributed by atoms with Gasteiger partial charge in [0.15, 0.2) is 5.13 Å². The lowest BCUT2D eigenvalue weighted by atomic mass is 10.1. The summed E-state index contributed by atoms with van der Waals surface area (Å²) in [5.41, 5.74) is 7.79. The van der Waals surface area contributed by atoms with Crippen LogP contribution in [-0.4, -0.2) is 4.98 Å². The topological polar surface area (TPSA) is 38.9 Å². The first-order chi connectivity index (χ1) is 7.65. The number of rotatable bonds is 3. The fourth-order valence-electron chi connectivity index (χ4n) is 1.60. The Morgan fingerprint density at radius 1 is 1.25 bits per heavy atom. The van der Waals surface area contributed by atoms with Crippen molar-refractivity contribution in [3.8, 4) is 0 Å². The van der Waals surface area contributed by atoms with Crippen LogP contribution in [0.1, 0.15) is 16.1 Å². The first-order valence-corrected chi connectivity index (χ1v) is 5.93. The number of thiazole rings is 1. The molecule has 16 heavy (non-hydrogen) atoms. The van der Waals surface area contributed by atoms with Crippen LogP contribution in [0.4, 0.5) is 9.52 Å². The van der Waals surface area contributed by atoms with Gasteiger partial charge in [-0.1, -0.05) is 12.1 Å². The van der Waals surface area contributed by atoms with Gasteiger partial charge >= 0.3 is 0 Å². The molecule has 0 aliphatic rings. The molecule has 2 N–H and O–H groups in total. The van der Waals surface area contributed by atoms with E-state index in [-0.39, 0.29) is 5.82 Å². The number of hydrogen-bond donors (Lipinski definition) is 1. The van der Waals surface area contributed by atoms with Crippen LogP contribution in [0.5, 0.6) is 0 Å². The molecule has 2 aromatic rings. The summed E-state index contributed by atoms with van der Waals surface area (Å²) < 4.78 is 12.7. The second-order valence-corrected chi connectivity index (χ2v) is 4.92. The van der Waals surface area contributed by atoms with E-state index in [4.69, 9.17) is 5.73 Å². The summed E-state index contributed by atoms with van der Waals surface area (Å²) in [4.78, 5) is 5.43. The van der Waals surface area contributed by atoms with Crippen molar-refractivity contribution in [3.63, 3.8) is 0 Å². The fraction of sp³-hybridized carbons (Fsp3) is 0.250. The van der Waals surface area contributed by atoms with E-state index in [1.807, 2.05) is 6.92 Å². The van der Waals surface area contributed by atoms with Crippen molar-refractivity contribution in [1.29, 1.82) is 0 Å². The number of nitrogen functional groups attached to an aromatic ring is 1. The average molecular weight is 236 g/mol. The normalized spacial score (nSPS) is 10.6. The first kappa shape index (κ1) is 11.1. The van der Waals surface area contributed by atoms with Crippen LogP contribution in [0.3, 0.4) is 0 Å². The third-order valence-electron chi connectivity index (χ3n) is 2.47. The van der Waals surface area contributed by atoms with Gasteiger partial charge in [0.05, 0.1) is 5.69 Å². The van der Waals surface area contributed by atoms with Gasteiger partial charge in [-0.25, -0.2) is 9.37 Å². The molecule has 1 heterocycles. The van der Waals surface area contributed by atoms with Crippen molar-refractivity contribution < 1.29 is 4.39 Å². The van der Waals surface area contributed by atoms with Crippen LogP contribution in [-0.2, 0) is 12.8 Å². The van der Waals surface area contributed by atoms with Gasteiger partial charge in [0.2, 0.25) is 0 Å². The number of nitrogens with zero attached hydrogens (tertiary/aromatic N) is 1. The zero-order valence-corrected chi connectivity index (χ0v) is 9.85. The molecule has 0 aliphatic carbocycles. The summed E-state index contributed by atoms with van der Waals surface area (Å²) in [6, 6.07) is 6.58. The molecule has 0 bridgehead atoms. The molecule has 0 fully saturated rings. The summed E-state index contributed by atoms with van der Waals surface area (Å²) in [6.45, 7) is 2.02. The minimum atomic E-state index is -0.196. The molecular formula is C12H13FN2S. The van der Waals surface area contributed by atoms with Crippen molar-refractivity contribution >= 4 is 16.5 Å². The maximum absolute atomic E-state index is 12.7. The Bertz CT molecular complexity index is 476. The van der Waals surface area contributed by atoms with E-state index in [0.29, 0.717) is 5.13 Å². The van der Waals surface area contributed by atoms with Crippen LogP contribution >= 0.6 is 11.3 Å². The number of benzene rings is 1. The molecule has 0 spiro atoms. The molecule has 0 unspecified atom stereocenters. The predicted octanol–water partition coefficient (Wildman–Crippen LogP) is 2.96. The van der Waals surface area contributed by atoms with Gasteiger partial charge < -0.3 is 5.73 Å². The third-order valence-corrected chi connectivity index (χ3v) is 3.32. The van der Waals surface area contributed by atoms with Crippen molar-refractivity contribution in [3.05, 3.63) is 46.2 Å². The molecule has 2 nitrogen and oxygen atoms in total. The van der Waals surface area contributed by atoms with E-state index in [9.17, 15) is 4.39 Å². The Morgan fingerprint density at radius 3 is 2.50 bits per heavy atom. The molecule has 0 atom stereocenters. The van der Waals surface area contributed by atoms with Gasteiger partial charge in [-0.15, -0.1) is 11.3 Å². The van der Waals surface area contributed by atoms with E-state index < -0.39 is 0 Å². The standard InChI is InChI=1S/C12H13FN2S/c1-8-11(15-12(14)16-8)7-4-9-2-5-10(13)6-3-9/h2-3,5-6H,4,7H2,1H3,(H2,14,15). The van der Waals surface area contributed by atoms with Gasteiger partial charge in [0.25, 0.3) is 0 Å². The van der Waals surface area contributed by atoms with Crippen molar-refractivity contribution in [2.45, 2.75) is 19.8 Å². The van der Waals surface area contributed by atoms with Crippen molar-refractivity contribution in [2.75, 3.05) is 5.73 Å². The first-order valence-electron chi connectivity index (χ1n) is 5.11. The Labute approximate surface area is 97.9 Å².